The Labute approximate surface area is 142 Å². The summed E-state index contributed by atoms with van der Waals surface area (Å²) in [6, 6.07) is 14.8. The van der Waals surface area contributed by atoms with E-state index in [1.807, 2.05) is 30.3 Å². The number of halogens is 2. The third-order valence-electron chi connectivity index (χ3n) is 3.28. The Morgan fingerprint density at radius 1 is 0.960 bits per heavy atom. The number of carbonyl (C=O) groups excluding carboxylic acids is 1. The van der Waals surface area contributed by atoms with E-state index in [1.54, 1.807) is 0 Å². The number of nitrogens with one attached hydrogen (secondary N) is 1. The summed E-state index contributed by atoms with van der Waals surface area (Å²) in [5.41, 5.74) is 1.60. The van der Waals surface area contributed by atoms with E-state index < -0.39 is 12.5 Å². The Morgan fingerprint density at radius 3 is 2.20 bits per heavy atom. The molecule has 25 heavy (non-hydrogen) atoms. The lowest BCUT2D eigenvalue weighted by Crippen LogP contribution is -2.12. The molecular formula is C18H13F2N3O2. The molecule has 0 saturated carbocycles. The van der Waals surface area contributed by atoms with Crippen LogP contribution in [0.25, 0.3) is 11.4 Å². The van der Waals surface area contributed by atoms with Crippen molar-refractivity contribution in [1.29, 1.82) is 0 Å². The van der Waals surface area contributed by atoms with E-state index in [1.165, 1.54) is 36.7 Å². The van der Waals surface area contributed by atoms with E-state index in [4.69, 9.17) is 0 Å². The van der Waals surface area contributed by atoms with Crippen molar-refractivity contribution in [1.82, 2.24) is 9.97 Å². The maximum absolute atomic E-state index is 12.1. The van der Waals surface area contributed by atoms with Crippen molar-refractivity contribution in [2.24, 2.45) is 0 Å². The minimum atomic E-state index is -2.90. The molecule has 3 aromatic rings. The van der Waals surface area contributed by atoms with E-state index in [0.29, 0.717) is 17.1 Å². The number of ether oxygens (including phenoxy) is 1. The van der Waals surface area contributed by atoms with Crippen LogP contribution >= 0.6 is 0 Å². The second-order valence-electron chi connectivity index (χ2n) is 5.02. The van der Waals surface area contributed by atoms with E-state index in [2.05, 4.69) is 20.0 Å². The zero-order chi connectivity index (χ0) is 17.6. The summed E-state index contributed by atoms with van der Waals surface area (Å²) in [5.74, 6) is 0.133. The van der Waals surface area contributed by atoms with E-state index in [-0.39, 0.29) is 5.75 Å². The van der Waals surface area contributed by atoms with Gasteiger partial charge in [-0.2, -0.15) is 8.78 Å². The van der Waals surface area contributed by atoms with Gasteiger partial charge >= 0.3 is 6.61 Å². The summed E-state index contributed by atoms with van der Waals surface area (Å²) in [5, 5.41) is 2.64. The molecular weight excluding hydrogens is 328 g/mol. The summed E-state index contributed by atoms with van der Waals surface area (Å²) in [6.07, 6.45) is 3.00. The van der Waals surface area contributed by atoms with Crippen molar-refractivity contribution < 1.29 is 18.3 Å². The Morgan fingerprint density at radius 2 is 1.60 bits per heavy atom. The van der Waals surface area contributed by atoms with Crippen LogP contribution in [0, 0.1) is 0 Å². The zero-order valence-corrected chi connectivity index (χ0v) is 12.9. The van der Waals surface area contributed by atoms with Gasteiger partial charge in [-0.3, -0.25) is 4.79 Å². The normalized spacial score (nSPS) is 10.5. The van der Waals surface area contributed by atoms with Gasteiger partial charge < -0.3 is 10.1 Å². The molecule has 1 heterocycles. The quantitative estimate of drug-likeness (QED) is 0.762. The standard InChI is InChI=1S/C18H13F2N3O2/c19-18(20)25-15-8-6-13(7-9-15)17(24)23-14-10-21-16(22-11-14)12-4-2-1-3-5-12/h1-11,18H,(H,23,24). The molecule has 3 rings (SSSR count). The van der Waals surface area contributed by atoms with Gasteiger partial charge in [0.25, 0.3) is 5.91 Å². The molecule has 5 nitrogen and oxygen atoms in total. The lowest BCUT2D eigenvalue weighted by atomic mass is 10.2. The van der Waals surface area contributed by atoms with Gasteiger partial charge in [-0.1, -0.05) is 30.3 Å². The molecule has 0 aliphatic rings. The summed E-state index contributed by atoms with van der Waals surface area (Å²) >= 11 is 0. The highest BCUT2D eigenvalue weighted by Crippen LogP contribution is 2.17. The van der Waals surface area contributed by atoms with Gasteiger partial charge in [0.2, 0.25) is 0 Å². The number of aromatic nitrogens is 2. The maximum atomic E-state index is 12.1. The lowest BCUT2D eigenvalue weighted by Gasteiger charge is -2.07. The van der Waals surface area contributed by atoms with Crippen LogP contribution in [0.15, 0.2) is 67.0 Å². The van der Waals surface area contributed by atoms with E-state index in [9.17, 15) is 13.6 Å². The lowest BCUT2D eigenvalue weighted by molar-refractivity contribution is -0.0498. The second kappa shape index (κ2) is 7.48. The second-order valence-corrected chi connectivity index (χ2v) is 5.02. The predicted molar refractivity (Wildman–Crippen MR) is 88.5 cm³/mol. The first-order chi connectivity index (χ1) is 12.1. The molecule has 0 aliphatic heterocycles. The van der Waals surface area contributed by atoms with Crippen LogP contribution in [-0.4, -0.2) is 22.5 Å². The molecule has 1 N–H and O–H groups in total. The third-order valence-corrected chi connectivity index (χ3v) is 3.28. The van der Waals surface area contributed by atoms with Gasteiger partial charge in [0.1, 0.15) is 5.75 Å². The fourth-order valence-corrected chi connectivity index (χ4v) is 2.12. The monoisotopic (exact) mass is 341 g/mol. The number of anilines is 1. The SMILES string of the molecule is O=C(Nc1cnc(-c2ccccc2)nc1)c1ccc(OC(F)F)cc1. The highest BCUT2D eigenvalue weighted by molar-refractivity contribution is 6.04. The molecule has 0 aliphatic carbocycles. The number of carbonyl (C=O) groups is 1. The molecule has 0 fully saturated rings. The van der Waals surface area contributed by atoms with Crippen LogP contribution in [0.3, 0.4) is 0 Å². The largest absolute Gasteiger partial charge is 0.435 e. The summed E-state index contributed by atoms with van der Waals surface area (Å²) < 4.78 is 28.5. The number of alkyl halides is 2. The molecule has 1 aromatic heterocycles. The van der Waals surface area contributed by atoms with Crippen LogP contribution in [0.5, 0.6) is 5.75 Å². The molecule has 0 bridgehead atoms. The van der Waals surface area contributed by atoms with Crippen LogP contribution in [0.1, 0.15) is 10.4 Å². The molecule has 1 amide bonds. The van der Waals surface area contributed by atoms with Crippen molar-refractivity contribution >= 4 is 11.6 Å². The molecule has 0 radical (unpaired) electrons. The zero-order valence-electron chi connectivity index (χ0n) is 12.9. The smallest absolute Gasteiger partial charge is 0.387 e. The van der Waals surface area contributed by atoms with Crippen molar-refractivity contribution in [3.8, 4) is 17.1 Å². The molecule has 0 spiro atoms. The van der Waals surface area contributed by atoms with Gasteiger partial charge in [0, 0.05) is 11.1 Å². The summed E-state index contributed by atoms with van der Waals surface area (Å²) in [4.78, 5) is 20.6. The fourth-order valence-electron chi connectivity index (χ4n) is 2.12. The highest BCUT2D eigenvalue weighted by atomic mass is 19.3. The van der Waals surface area contributed by atoms with Crippen molar-refractivity contribution in [2.45, 2.75) is 6.61 Å². The molecule has 126 valence electrons. The number of nitrogens with zero attached hydrogens (tertiary/aromatic N) is 2. The fraction of sp³-hybridized carbons (Fsp3) is 0.0556. The van der Waals surface area contributed by atoms with Crippen molar-refractivity contribution in [3.63, 3.8) is 0 Å². The summed E-state index contributed by atoms with van der Waals surface area (Å²) in [7, 11) is 0. The molecule has 2 aromatic carbocycles. The van der Waals surface area contributed by atoms with Crippen LogP contribution < -0.4 is 10.1 Å². The van der Waals surface area contributed by atoms with Crippen molar-refractivity contribution in [2.75, 3.05) is 5.32 Å². The Balaban J connectivity index is 1.66. The molecule has 0 saturated heterocycles. The molecule has 0 atom stereocenters. The Kier molecular flexibility index (Phi) is 4.94. The van der Waals surface area contributed by atoms with E-state index >= 15 is 0 Å². The van der Waals surface area contributed by atoms with Crippen molar-refractivity contribution in [3.05, 3.63) is 72.6 Å². The molecule has 7 heteroatoms. The summed E-state index contributed by atoms with van der Waals surface area (Å²) in [6.45, 7) is -2.90. The van der Waals surface area contributed by atoms with Gasteiger partial charge in [0.05, 0.1) is 18.1 Å². The van der Waals surface area contributed by atoms with Gasteiger partial charge in [-0.25, -0.2) is 9.97 Å². The minimum Gasteiger partial charge on any atom is -0.435 e. The van der Waals surface area contributed by atoms with Gasteiger partial charge in [-0.05, 0) is 24.3 Å². The maximum Gasteiger partial charge on any atom is 0.387 e. The predicted octanol–water partition coefficient (Wildman–Crippen LogP) is 4.00. The van der Waals surface area contributed by atoms with Crippen LogP contribution in [-0.2, 0) is 0 Å². The Bertz CT molecular complexity index is 838. The highest BCUT2D eigenvalue weighted by Gasteiger charge is 2.09. The van der Waals surface area contributed by atoms with E-state index in [0.717, 1.165) is 5.56 Å². The average Bonchev–Trinajstić information content (AvgIpc) is 2.63. The first-order valence-corrected chi connectivity index (χ1v) is 7.35. The van der Waals surface area contributed by atoms with Gasteiger partial charge in [-0.15, -0.1) is 0 Å². The van der Waals surface area contributed by atoms with Crippen LogP contribution in [0.4, 0.5) is 14.5 Å². The number of hydrogen-bond acceptors (Lipinski definition) is 4. The minimum absolute atomic E-state index is 0.0119. The number of hydrogen-bond donors (Lipinski definition) is 1. The van der Waals surface area contributed by atoms with Gasteiger partial charge in [0.15, 0.2) is 5.82 Å². The Hall–Kier alpha value is -3.35. The molecule has 0 unspecified atom stereocenters. The number of benzene rings is 2. The average molecular weight is 341 g/mol. The first kappa shape index (κ1) is 16.5. The van der Waals surface area contributed by atoms with Crippen LogP contribution in [0.2, 0.25) is 0 Å². The number of rotatable bonds is 5. The number of amides is 1. The first-order valence-electron chi connectivity index (χ1n) is 7.35. The third kappa shape index (κ3) is 4.35. The topological polar surface area (TPSA) is 64.1 Å².